The molecule has 1 unspecified atom stereocenters. The van der Waals surface area contributed by atoms with Crippen LogP contribution in [0.5, 0.6) is 0 Å². The van der Waals surface area contributed by atoms with E-state index >= 15 is 0 Å². The summed E-state index contributed by atoms with van der Waals surface area (Å²) in [5.74, 6) is 5.57. The van der Waals surface area contributed by atoms with E-state index < -0.39 is 0 Å². The largest absolute Gasteiger partial charge is 0.457 e. The summed E-state index contributed by atoms with van der Waals surface area (Å²) < 4.78 is 5.79. The molecule has 6 heteroatoms. The Labute approximate surface area is 117 Å². The monoisotopic (exact) mass is 334 g/mol. The van der Waals surface area contributed by atoms with E-state index in [-0.39, 0.29) is 6.04 Å². The fourth-order valence-corrected chi connectivity index (χ4v) is 2.47. The van der Waals surface area contributed by atoms with Crippen LogP contribution in [0, 0.1) is 0 Å². The third-order valence-electron chi connectivity index (χ3n) is 2.39. The second-order valence-corrected chi connectivity index (χ2v) is 4.98. The molecule has 0 aliphatic heterocycles. The highest BCUT2D eigenvalue weighted by Gasteiger charge is 2.20. The first-order valence-corrected chi connectivity index (χ1v) is 6.32. The second-order valence-electron chi connectivity index (χ2n) is 3.42. The van der Waals surface area contributed by atoms with Gasteiger partial charge in [-0.1, -0.05) is 23.2 Å². The van der Waals surface area contributed by atoms with Gasteiger partial charge in [-0.3, -0.25) is 5.84 Å². The van der Waals surface area contributed by atoms with Crippen molar-refractivity contribution < 1.29 is 4.42 Å². The number of rotatable bonds is 3. The minimum absolute atomic E-state index is 0.283. The highest BCUT2D eigenvalue weighted by molar-refractivity contribution is 9.10. The maximum atomic E-state index is 6.14. The summed E-state index contributed by atoms with van der Waals surface area (Å²) in [4.78, 5) is 0. The van der Waals surface area contributed by atoms with Crippen LogP contribution in [-0.2, 0) is 0 Å². The van der Waals surface area contributed by atoms with E-state index in [1.54, 1.807) is 24.5 Å². The number of nitrogens with two attached hydrogens (primary N) is 1. The van der Waals surface area contributed by atoms with Gasteiger partial charge in [0.25, 0.3) is 0 Å². The van der Waals surface area contributed by atoms with Crippen molar-refractivity contribution in [3.05, 3.63) is 56.4 Å². The van der Waals surface area contributed by atoms with Crippen LogP contribution in [0.3, 0.4) is 0 Å². The molecule has 3 nitrogen and oxygen atoms in total. The number of halogens is 3. The third kappa shape index (κ3) is 2.67. The zero-order valence-electron chi connectivity index (χ0n) is 8.58. The van der Waals surface area contributed by atoms with Gasteiger partial charge >= 0.3 is 0 Å². The number of hydrazine groups is 1. The Bertz CT molecular complexity index is 530. The predicted molar refractivity (Wildman–Crippen MR) is 72.0 cm³/mol. The molecule has 2 aromatic rings. The Morgan fingerprint density at radius 3 is 2.59 bits per heavy atom. The number of hydrogen-bond donors (Lipinski definition) is 2. The summed E-state index contributed by atoms with van der Waals surface area (Å²) in [6.07, 6.45) is 1.57. The van der Waals surface area contributed by atoms with Gasteiger partial charge in [-0.15, -0.1) is 0 Å². The molecule has 0 saturated carbocycles. The van der Waals surface area contributed by atoms with Crippen molar-refractivity contribution in [2.24, 2.45) is 5.84 Å². The zero-order valence-corrected chi connectivity index (χ0v) is 11.7. The smallest absolute Gasteiger partial charge is 0.174 e. The topological polar surface area (TPSA) is 51.2 Å². The predicted octanol–water partition coefficient (Wildman–Crippen LogP) is 3.90. The molecule has 1 aromatic heterocycles. The zero-order chi connectivity index (χ0) is 12.4. The molecule has 2 rings (SSSR count). The highest BCUT2D eigenvalue weighted by atomic mass is 79.9. The van der Waals surface area contributed by atoms with Gasteiger partial charge in [-0.2, -0.15) is 0 Å². The second kappa shape index (κ2) is 5.42. The van der Waals surface area contributed by atoms with Gasteiger partial charge in [0.2, 0.25) is 0 Å². The molecular formula is C11H9BrCl2N2O. The Balaban J connectivity index is 2.49. The van der Waals surface area contributed by atoms with Gasteiger partial charge in [0.05, 0.1) is 12.3 Å². The van der Waals surface area contributed by atoms with Crippen LogP contribution in [0.4, 0.5) is 0 Å². The summed E-state index contributed by atoms with van der Waals surface area (Å²) >= 11 is 15.4. The van der Waals surface area contributed by atoms with Gasteiger partial charge in [0.1, 0.15) is 0 Å². The first kappa shape index (κ1) is 12.9. The van der Waals surface area contributed by atoms with E-state index in [4.69, 9.17) is 33.5 Å². The van der Waals surface area contributed by atoms with E-state index in [9.17, 15) is 0 Å². The quantitative estimate of drug-likeness (QED) is 0.660. The molecule has 17 heavy (non-hydrogen) atoms. The van der Waals surface area contributed by atoms with Gasteiger partial charge in [-0.05, 0) is 45.8 Å². The lowest BCUT2D eigenvalue weighted by Gasteiger charge is -2.17. The van der Waals surface area contributed by atoms with Gasteiger partial charge in [0, 0.05) is 15.6 Å². The standard InChI is InChI=1S/C11H9BrCl2N2O/c12-11-7(3-4-17-11)10(16-15)8-5-6(13)1-2-9(8)14/h1-5,10,16H,15H2. The lowest BCUT2D eigenvalue weighted by atomic mass is 10.0. The number of benzene rings is 1. The molecule has 0 aliphatic rings. The molecule has 0 saturated heterocycles. The molecule has 0 bridgehead atoms. The molecule has 90 valence electrons. The van der Waals surface area contributed by atoms with E-state index in [0.717, 1.165) is 11.1 Å². The van der Waals surface area contributed by atoms with Crippen LogP contribution in [0.25, 0.3) is 0 Å². The fourth-order valence-electron chi connectivity index (χ4n) is 1.59. The third-order valence-corrected chi connectivity index (χ3v) is 3.62. The Hall–Kier alpha value is -0.520. The minimum atomic E-state index is -0.283. The summed E-state index contributed by atoms with van der Waals surface area (Å²) in [6.45, 7) is 0. The van der Waals surface area contributed by atoms with Crippen LogP contribution >= 0.6 is 39.1 Å². The molecule has 0 spiro atoms. The van der Waals surface area contributed by atoms with E-state index in [1.807, 2.05) is 6.07 Å². The van der Waals surface area contributed by atoms with Gasteiger partial charge in [-0.25, -0.2) is 5.43 Å². The summed E-state index contributed by atoms with van der Waals surface area (Å²) in [6, 6.07) is 6.76. The van der Waals surface area contributed by atoms with Gasteiger partial charge in [0.15, 0.2) is 4.67 Å². The summed E-state index contributed by atoms with van der Waals surface area (Å²) in [7, 11) is 0. The molecule has 0 radical (unpaired) electrons. The number of hydrogen-bond acceptors (Lipinski definition) is 3. The number of nitrogens with one attached hydrogen (secondary N) is 1. The maximum Gasteiger partial charge on any atom is 0.174 e. The minimum Gasteiger partial charge on any atom is -0.457 e. The van der Waals surface area contributed by atoms with Crippen molar-refractivity contribution in [3.63, 3.8) is 0 Å². The van der Waals surface area contributed by atoms with Crippen molar-refractivity contribution >= 4 is 39.1 Å². The SMILES string of the molecule is NNC(c1cc(Cl)ccc1Cl)c1ccoc1Br. The molecule has 1 heterocycles. The van der Waals surface area contributed by atoms with Crippen LogP contribution in [0.15, 0.2) is 39.6 Å². The Morgan fingerprint density at radius 1 is 1.24 bits per heavy atom. The molecule has 3 N–H and O–H groups in total. The fraction of sp³-hybridized carbons (Fsp3) is 0.0909. The van der Waals surface area contributed by atoms with Crippen molar-refractivity contribution in [1.29, 1.82) is 0 Å². The molecule has 0 amide bonds. The molecule has 0 fully saturated rings. The lowest BCUT2D eigenvalue weighted by Crippen LogP contribution is -2.29. The van der Waals surface area contributed by atoms with Crippen molar-refractivity contribution in [1.82, 2.24) is 5.43 Å². The summed E-state index contributed by atoms with van der Waals surface area (Å²) in [5.41, 5.74) is 4.35. The molecule has 0 aliphatic carbocycles. The van der Waals surface area contributed by atoms with Crippen LogP contribution in [0.2, 0.25) is 10.0 Å². The van der Waals surface area contributed by atoms with Crippen LogP contribution < -0.4 is 11.3 Å². The summed E-state index contributed by atoms with van der Waals surface area (Å²) in [5, 5.41) is 1.19. The lowest BCUT2D eigenvalue weighted by molar-refractivity contribution is 0.527. The van der Waals surface area contributed by atoms with Gasteiger partial charge < -0.3 is 4.42 Å². The first-order chi connectivity index (χ1) is 8.13. The Morgan fingerprint density at radius 2 is 2.00 bits per heavy atom. The van der Waals surface area contributed by atoms with E-state index in [2.05, 4.69) is 21.4 Å². The molecule has 1 atom stereocenters. The van der Waals surface area contributed by atoms with Crippen molar-refractivity contribution in [2.75, 3.05) is 0 Å². The van der Waals surface area contributed by atoms with E-state index in [0.29, 0.717) is 14.7 Å². The first-order valence-electron chi connectivity index (χ1n) is 4.77. The maximum absolute atomic E-state index is 6.14. The average molecular weight is 336 g/mol. The number of furan rings is 1. The molecular weight excluding hydrogens is 327 g/mol. The van der Waals surface area contributed by atoms with Crippen LogP contribution in [-0.4, -0.2) is 0 Å². The highest BCUT2D eigenvalue weighted by Crippen LogP contribution is 2.34. The van der Waals surface area contributed by atoms with Crippen molar-refractivity contribution in [2.45, 2.75) is 6.04 Å². The molecule has 1 aromatic carbocycles. The average Bonchev–Trinajstić information content (AvgIpc) is 2.71. The van der Waals surface area contributed by atoms with Crippen LogP contribution in [0.1, 0.15) is 17.2 Å². The van der Waals surface area contributed by atoms with E-state index in [1.165, 1.54) is 0 Å². The normalized spacial score (nSPS) is 12.7. The van der Waals surface area contributed by atoms with Crippen molar-refractivity contribution in [3.8, 4) is 0 Å². The Kier molecular flexibility index (Phi) is 4.12.